The molecule has 2 aromatic carbocycles. The second-order valence-electron chi connectivity index (χ2n) is 7.18. The molecule has 1 saturated heterocycles. The summed E-state index contributed by atoms with van der Waals surface area (Å²) in [5.74, 6) is 0.831. The van der Waals surface area contributed by atoms with Crippen LogP contribution in [-0.4, -0.2) is 43.6 Å². The molecule has 5 heteroatoms. The predicted molar refractivity (Wildman–Crippen MR) is 104 cm³/mol. The SMILES string of the molecule is CCOc1ccccc1N1CCN(C(=O)C2CC2c2ccccc2F)CC1. The molecule has 0 N–H and O–H groups in total. The summed E-state index contributed by atoms with van der Waals surface area (Å²) >= 11 is 0. The van der Waals surface area contributed by atoms with E-state index in [1.165, 1.54) is 6.07 Å². The lowest BCUT2D eigenvalue weighted by Gasteiger charge is -2.37. The standard InChI is InChI=1S/C22H25FN2O2/c1-2-27-21-10-6-5-9-20(21)24-11-13-25(14-12-24)22(26)18-15-17(18)16-7-3-4-8-19(16)23/h3-10,17-18H,2,11-15H2,1H3. The summed E-state index contributed by atoms with van der Waals surface area (Å²) in [6.45, 7) is 5.57. The Morgan fingerprint density at radius 1 is 1.07 bits per heavy atom. The van der Waals surface area contributed by atoms with Crippen molar-refractivity contribution in [2.24, 2.45) is 5.92 Å². The highest BCUT2D eigenvalue weighted by Crippen LogP contribution is 2.49. The first kappa shape index (κ1) is 17.8. The molecule has 4 nitrogen and oxygen atoms in total. The largest absolute Gasteiger partial charge is 0.492 e. The molecule has 27 heavy (non-hydrogen) atoms. The highest BCUT2D eigenvalue weighted by atomic mass is 19.1. The molecular weight excluding hydrogens is 343 g/mol. The predicted octanol–water partition coefficient (Wildman–Crippen LogP) is 3.68. The maximum atomic E-state index is 14.0. The second-order valence-corrected chi connectivity index (χ2v) is 7.18. The van der Waals surface area contributed by atoms with Gasteiger partial charge in [0.15, 0.2) is 0 Å². The van der Waals surface area contributed by atoms with E-state index in [9.17, 15) is 9.18 Å². The number of piperazine rings is 1. The Morgan fingerprint density at radius 2 is 1.78 bits per heavy atom. The van der Waals surface area contributed by atoms with E-state index < -0.39 is 0 Å². The van der Waals surface area contributed by atoms with Crippen molar-refractivity contribution in [2.45, 2.75) is 19.3 Å². The molecule has 0 radical (unpaired) electrons. The lowest BCUT2D eigenvalue weighted by molar-refractivity contribution is -0.132. The first-order valence-electron chi connectivity index (χ1n) is 9.69. The number of hydrogen-bond donors (Lipinski definition) is 0. The van der Waals surface area contributed by atoms with Crippen molar-refractivity contribution < 1.29 is 13.9 Å². The molecule has 2 unspecified atom stereocenters. The van der Waals surface area contributed by atoms with Crippen LogP contribution in [0.5, 0.6) is 5.75 Å². The van der Waals surface area contributed by atoms with Crippen LogP contribution < -0.4 is 9.64 Å². The quantitative estimate of drug-likeness (QED) is 0.807. The van der Waals surface area contributed by atoms with Gasteiger partial charge >= 0.3 is 0 Å². The van der Waals surface area contributed by atoms with Crippen molar-refractivity contribution in [2.75, 3.05) is 37.7 Å². The van der Waals surface area contributed by atoms with E-state index >= 15 is 0 Å². The lowest BCUT2D eigenvalue weighted by Crippen LogP contribution is -2.49. The van der Waals surface area contributed by atoms with Gasteiger partial charge in [0.25, 0.3) is 0 Å². The van der Waals surface area contributed by atoms with Crippen molar-refractivity contribution in [1.29, 1.82) is 0 Å². The fourth-order valence-corrected chi connectivity index (χ4v) is 3.99. The van der Waals surface area contributed by atoms with Crippen LogP contribution in [-0.2, 0) is 4.79 Å². The van der Waals surface area contributed by atoms with Crippen molar-refractivity contribution in [3.05, 3.63) is 59.9 Å². The summed E-state index contributed by atoms with van der Waals surface area (Å²) in [6.07, 6.45) is 0.757. The Bertz CT molecular complexity index is 817. The number of para-hydroxylation sites is 2. The van der Waals surface area contributed by atoms with Gasteiger partial charge in [-0.15, -0.1) is 0 Å². The molecule has 4 rings (SSSR count). The molecule has 2 aromatic rings. The van der Waals surface area contributed by atoms with Gasteiger partial charge < -0.3 is 14.5 Å². The Labute approximate surface area is 159 Å². The average molecular weight is 368 g/mol. The van der Waals surface area contributed by atoms with Crippen molar-refractivity contribution in [3.8, 4) is 5.75 Å². The second kappa shape index (κ2) is 7.59. The number of nitrogens with zero attached hydrogens (tertiary/aromatic N) is 2. The number of hydrogen-bond acceptors (Lipinski definition) is 3. The lowest BCUT2D eigenvalue weighted by atomic mass is 10.1. The number of benzene rings is 2. The number of carbonyl (C=O) groups is 1. The molecule has 0 aromatic heterocycles. The minimum atomic E-state index is -0.199. The molecule has 1 aliphatic heterocycles. The zero-order chi connectivity index (χ0) is 18.8. The van der Waals surface area contributed by atoms with Crippen molar-refractivity contribution in [3.63, 3.8) is 0 Å². The van der Waals surface area contributed by atoms with E-state index in [2.05, 4.69) is 11.0 Å². The smallest absolute Gasteiger partial charge is 0.226 e. The van der Waals surface area contributed by atoms with Crippen LogP contribution in [0.4, 0.5) is 10.1 Å². The van der Waals surface area contributed by atoms with E-state index in [1.54, 1.807) is 12.1 Å². The molecule has 0 spiro atoms. The molecule has 1 saturated carbocycles. The van der Waals surface area contributed by atoms with Gasteiger partial charge in [0.05, 0.1) is 12.3 Å². The Kier molecular flexibility index (Phi) is 5.01. The zero-order valence-electron chi connectivity index (χ0n) is 15.6. The third kappa shape index (κ3) is 3.64. The molecule has 1 heterocycles. The van der Waals surface area contributed by atoms with Crippen molar-refractivity contribution in [1.82, 2.24) is 4.90 Å². The fraction of sp³-hybridized carbons (Fsp3) is 0.409. The van der Waals surface area contributed by atoms with Gasteiger partial charge in [0.1, 0.15) is 11.6 Å². The molecular formula is C22H25FN2O2. The summed E-state index contributed by atoms with van der Waals surface area (Å²) < 4.78 is 19.7. The minimum absolute atomic E-state index is 0.0374. The van der Waals surface area contributed by atoms with Gasteiger partial charge in [-0.2, -0.15) is 0 Å². The molecule has 1 amide bonds. The number of rotatable bonds is 5. The average Bonchev–Trinajstić information content (AvgIpc) is 3.49. The van der Waals surface area contributed by atoms with Crippen LogP contribution in [0.25, 0.3) is 0 Å². The van der Waals surface area contributed by atoms with Crippen LogP contribution in [0.3, 0.4) is 0 Å². The third-order valence-corrected chi connectivity index (χ3v) is 5.51. The van der Waals surface area contributed by atoms with E-state index in [0.29, 0.717) is 25.3 Å². The molecule has 0 bridgehead atoms. The topological polar surface area (TPSA) is 32.8 Å². The summed E-state index contributed by atoms with van der Waals surface area (Å²) in [4.78, 5) is 17.0. The van der Waals surface area contributed by atoms with E-state index in [0.717, 1.165) is 30.9 Å². The highest BCUT2D eigenvalue weighted by Gasteiger charge is 2.47. The van der Waals surface area contributed by atoms with Crippen LogP contribution in [0.15, 0.2) is 48.5 Å². The molecule has 142 valence electrons. The highest BCUT2D eigenvalue weighted by molar-refractivity contribution is 5.83. The van der Waals surface area contributed by atoms with Gasteiger partial charge in [-0.25, -0.2) is 4.39 Å². The summed E-state index contributed by atoms with van der Waals surface area (Å²) in [7, 11) is 0. The van der Waals surface area contributed by atoms with Crippen LogP contribution in [0, 0.1) is 11.7 Å². The fourth-order valence-electron chi connectivity index (χ4n) is 3.99. The molecule has 2 fully saturated rings. The van der Waals surface area contributed by atoms with Crippen molar-refractivity contribution >= 4 is 11.6 Å². The zero-order valence-corrected chi connectivity index (χ0v) is 15.6. The van der Waals surface area contributed by atoms with Gasteiger partial charge in [0.2, 0.25) is 5.91 Å². The monoisotopic (exact) mass is 368 g/mol. The maximum absolute atomic E-state index is 14.0. The Hall–Kier alpha value is -2.56. The van der Waals surface area contributed by atoms with Gasteiger partial charge in [0, 0.05) is 32.1 Å². The Balaban J connectivity index is 1.36. The first-order chi connectivity index (χ1) is 13.2. The number of halogens is 1. The number of carbonyl (C=O) groups excluding carboxylic acids is 1. The normalized spacial score (nSPS) is 21.9. The Morgan fingerprint density at radius 3 is 2.52 bits per heavy atom. The molecule has 2 aliphatic rings. The number of ether oxygens (including phenoxy) is 1. The van der Waals surface area contributed by atoms with Crippen LogP contribution in [0.1, 0.15) is 24.8 Å². The van der Waals surface area contributed by atoms with Gasteiger partial charge in [-0.1, -0.05) is 30.3 Å². The molecule has 2 atom stereocenters. The summed E-state index contributed by atoms with van der Waals surface area (Å²) in [6, 6.07) is 14.9. The first-order valence-corrected chi connectivity index (χ1v) is 9.69. The van der Waals surface area contributed by atoms with Crippen LogP contribution in [0.2, 0.25) is 0 Å². The van der Waals surface area contributed by atoms with E-state index in [4.69, 9.17) is 4.74 Å². The summed E-state index contributed by atoms with van der Waals surface area (Å²) in [5.41, 5.74) is 1.77. The minimum Gasteiger partial charge on any atom is -0.492 e. The third-order valence-electron chi connectivity index (χ3n) is 5.51. The van der Waals surface area contributed by atoms with Gasteiger partial charge in [-0.05, 0) is 43.0 Å². The maximum Gasteiger partial charge on any atom is 0.226 e. The number of amides is 1. The number of anilines is 1. The van der Waals surface area contributed by atoms with Crippen LogP contribution >= 0.6 is 0 Å². The van der Waals surface area contributed by atoms with Gasteiger partial charge in [-0.3, -0.25) is 4.79 Å². The van der Waals surface area contributed by atoms with E-state index in [-0.39, 0.29) is 23.6 Å². The van der Waals surface area contributed by atoms with E-state index in [1.807, 2.05) is 36.1 Å². The summed E-state index contributed by atoms with van der Waals surface area (Å²) in [5, 5.41) is 0. The molecule has 1 aliphatic carbocycles.